The summed E-state index contributed by atoms with van der Waals surface area (Å²) in [6.07, 6.45) is 4.38. The Morgan fingerprint density at radius 3 is 3.04 bits per heavy atom. The van der Waals surface area contributed by atoms with E-state index in [1.54, 1.807) is 13.1 Å². The lowest BCUT2D eigenvalue weighted by molar-refractivity contribution is 0.0524. The summed E-state index contributed by atoms with van der Waals surface area (Å²) in [7, 11) is 0. The third kappa shape index (κ3) is 3.18. The molecule has 23 heavy (non-hydrogen) atoms. The van der Waals surface area contributed by atoms with Gasteiger partial charge in [0.2, 0.25) is 5.95 Å². The molecule has 1 aliphatic rings. The first-order valence-electron chi connectivity index (χ1n) is 7.85. The maximum atomic E-state index is 11.9. The second-order valence-corrected chi connectivity index (χ2v) is 5.95. The van der Waals surface area contributed by atoms with Crippen molar-refractivity contribution in [3.05, 3.63) is 34.9 Å². The van der Waals surface area contributed by atoms with Gasteiger partial charge in [-0.15, -0.1) is 0 Å². The van der Waals surface area contributed by atoms with Crippen molar-refractivity contribution in [2.24, 2.45) is 5.92 Å². The number of ether oxygens (including phenoxy) is 1. The number of aryl methyl sites for hydroxylation is 1. The molecular weight excluding hydrogens is 294 g/mol. The highest BCUT2D eigenvalue weighted by Crippen LogP contribution is 2.23. The van der Waals surface area contributed by atoms with Gasteiger partial charge in [0.25, 0.3) is 0 Å². The first-order valence-corrected chi connectivity index (χ1v) is 7.85. The number of carbonyl (C=O) groups excluding carboxylic acids is 1. The molecule has 0 aliphatic carbocycles. The standard InChI is InChI=1S/C16H21N5O2/c1-4-23-15(22)13-7-17-16(19-11(13)3)21-8-10(2)5-14-12(9-21)6-18-20-14/h6-7,10H,4-5,8-9H2,1-3H3,(H,18,20). The Bertz CT molecular complexity index is 712. The van der Waals surface area contributed by atoms with Crippen LogP contribution in [0, 0.1) is 12.8 Å². The highest BCUT2D eigenvalue weighted by atomic mass is 16.5. The van der Waals surface area contributed by atoms with Crippen LogP contribution in [-0.4, -0.2) is 39.3 Å². The fraction of sp³-hybridized carbons (Fsp3) is 0.500. The molecule has 2 aromatic rings. The van der Waals surface area contributed by atoms with E-state index in [0.29, 0.717) is 36.3 Å². The molecule has 3 heterocycles. The zero-order valence-corrected chi connectivity index (χ0v) is 13.7. The van der Waals surface area contributed by atoms with E-state index in [1.165, 1.54) is 11.3 Å². The summed E-state index contributed by atoms with van der Waals surface area (Å²) < 4.78 is 5.02. The largest absolute Gasteiger partial charge is 0.462 e. The van der Waals surface area contributed by atoms with E-state index in [4.69, 9.17) is 4.74 Å². The minimum absolute atomic E-state index is 0.340. The zero-order chi connectivity index (χ0) is 16.4. The number of fused-ring (bicyclic) bond motifs is 1. The molecule has 0 saturated heterocycles. The molecule has 0 spiro atoms. The molecule has 1 unspecified atom stereocenters. The van der Waals surface area contributed by atoms with Crippen LogP contribution < -0.4 is 4.90 Å². The number of carbonyl (C=O) groups is 1. The predicted octanol–water partition coefficient (Wildman–Crippen LogP) is 1.88. The number of rotatable bonds is 3. The van der Waals surface area contributed by atoms with Crippen molar-refractivity contribution >= 4 is 11.9 Å². The number of esters is 1. The number of aromatic amines is 1. The first kappa shape index (κ1) is 15.5. The van der Waals surface area contributed by atoms with Crippen LogP contribution in [0.1, 0.15) is 41.2 Å². The lowest BCUT2D eigenvalue weighted by Crippen LogP contribution is -2.28. The summed E-state index contributed by atoms with van der Waals surface area (Å²) >= 11 is 0. The molecule has 0 fully saturated rings. The molecule has 0 saturated carbocycles. The lowest BCUT2D eigenvalue weighted by Gasteiger charge is -2.23. The van der Waals surface area contributed by atoms with Gasteiger partial charge < -0.3 is 9.64 Å². The van der Waals surface area contributed by atoms with Crippen molar-refractivity contribution < 1.29 is 9.53 Å². The fourth-order valence-corrected chi connectivity index (χ4v) is 2.88. The Balaban J connectivity index is 1.87. The van der Waals surface area contributed by atoms with Crippen molar-refractivity contribution in [2.75, 3.05) is 18.1 Å². The number of anilines is 1. The van der Waals surface area contributed by atoms with E-state index >= 15 is 0 Å². The van der Waals surface area contributed by atoms with Gasteiger partial charge in [-0.3, -0.25) is 5.10 Å². The summed E-state index contributed by atoms with van der Waals surface area (Å²) in [6, 6.07) is 0. The van der Waals surface area contributed by atoms with E-state index < -0.39 is 0 Å². The normalized spacial score (nSPS) is 17.5. The third-order valence-electron chi connectivity index (χ3n) is 4.00. The summed E-state index contributed by atoms with van der Waals surface area (Å²) in [5.41, 5.74) is 3.41. The average molecular weight is 315 g/mol. The Labute approximate surface area is 135 Å². The molecule has 0 aromatic carbocycles. The van der Waals surface area contributed by atoms with Gasteiger partial charge in [-0.25, -0.2) is 14.8 Å². The molecule has 7 nitrogen and oxygen atoms in total. The summed E-state index contributed by atoms with van der Waals surface area (Å²) in [6.45, 7) is 7.70. The Morgan fingerprint density at radius 2 is 2.30 bits per heavy atom. The molecule has 0 radical (unpaired) electrons. The van der Waals surface area contributed by atoms with Gasteiger partial charge in [0.1, 0.15) is 0 Å². The van der Waals surface area contributed by atoms with Crippen molar-refractivity contribution in [1.82, 2.24) is 20.2 Å². The van der Waals surface area contributed by atoms with Gasteiger partial charge in [-0.2, -0.15) is 5.10 Å². The molecule has 1 N–H and O–H groups in total. The van der Waals surface area contributed by atoms with Crippen molar-refractivity contribution in [2.45, 2.75) is 33.7 Å². The summed E-state index contributed by atoms with van der Waals surface area (Å²) in [4.78, 5) is 22.9. The zero-order valence-electron chi connectivity index (χ0n) is 13.7. The van der Waals surface area contributed by atoms with Gasteiger partial charge >= 0.3 is 5.97 Å². The minimum Gasteiger partial charge on any atom is -0.462 e. The molecule has 1 atom stereocenters. The monoisotopic (exact) mass is 315 g/mol. The maximum Gasteiger partial charge on any atom is 0.341 e. The van der Waals surface area contributed by atoms with Crippen LogP contribution in [0.5, 0.6) is 0 Å². The van der Waals surface area contributed by atoms with Crippen LogP contribution in [0.15, 0.2) is 12.4 Å². The first-order chi connectivity index (χ1) is 11.1. The molecule has 7 heteroatoms. The molecule has 122 valence electrons. The van der Waals surface area contributed by atoms with Crippen molar-refractivity contribution in [1.29, 1.82) is 0 Å². The number of nitrogens with one attached hydrogen (secondary N) is 1. The Morgan fingerprint density at radius 1 is 1.48 bits per heavy atom. The van der Waals surface area contributed by atoms with E-state index in [0.717, 1.165) is 13.0 Å². The van der Waals surface area contributed by atoms with Crippen LogP contribution in [-0.2, 0) is 17.7 Å². The van der Waals surface area contributed by atoms with E-state index in [2.05, 4.69) is 32.0 Å². The molecular formula is C16H21N5O2. The number of aromatic nitrogens is 4. The van der Waals surface area contributed by atoms with Gasteiger partial charge in [0.15, 0.2) is 0 Å². The van der Waals surface area contributed by atoms with Gasteiger partial charge in [-0.05, 0) is 26.2 Å². The summed E-state index contributed by atoms with van der Waals surface area (Å²) in [5.74, 6) is 0.722. The topological polar surface area (TPSA) is 84.0 Å². The van der Waals surface area contributed by atoms with Gasteiger partial charge in [-0.1, -0.05) is 6.92 Å². The Kier molecular flexibility index (Phi) is 4.27. The maximum absolute atomic E-state index is 11.9. The quantitative estimate of drug-likeness (QED) is 0.871. The smallest absolute Gasteiger partial charge is 0.341 e. The predicted molar refractivity (Wildman–Crippen MR) is 85.2 cm³/mol. The third-order valence-corrected chi connectivity index (χ3v) is 4.00. The Hall–Kier alpha value is -2.44. The average Bonchev–Trinajstić information content (AvgIpc) is 2.86. The van der Waals surface area contributed by atoms with Crippen LogP contribution in [0.3, 0.4) is 0 Å². The van der Waals surface area contributed by atoms with Gasteiger partial charge in [0.05, 0.1) is 24.1 Å². The molecule has 0 amide bonds. The molecule has 3 rings (SSSR count). The molecule has 0 bridgehead atoms. The highest BCUT2D eigenvalue weighted by molar-refractivity contribution is 5.90. The van der Waals surface area contributed by atoms with Crippen LogP contribution >= 0.6 is 0 Å². The number of hydrogen-bond acceptors (Lipinski definition) is 6. The highest BCUT2D eigenvalue weighted by Gasteiger charge is 2.23. The molecule has 1 aliphatic heterocycles. The van der Waals surface area contributed by atoms with E-state index in [-0.39, 0.29) is 5.97 Å². The lowest BCUT2D eigenvalue weighted by atomic mass is 10.1. The second-order valence-electron chi connectivity index (χ2n) is 5.95. The van der Waals surface area contributed by atoms with E-state index in [1.807, 2.05) is 13.1 Å². The SMILES string of the molecule is CCOC(=O)c1cnc(N2Cc3cn[nH]c3CC(C)C2)nc1C. The number of hydrogen-bond donors (Lipinski definition) is 1. The minimum atomic E-state index is -0.377. The second kappa shape index (κ2) is 6.36. The van der Waals surface area contributed by atoms with Crippen molar-refractivity contribution in [3.63, 3.8) is 0 Å². The van der Waals surface area contributed by atoms with Crippen LogP contribution in [0.4, 0.5) is 5.95 Å². The van der Waals surface area contributed by atoms with Gasteiger partial charge in [0, 0.05) is 30.5 Å². The molecule has 2 aromatic heterocycles. The van der Waals surface area contributed by atoms with Crippen LogP contribution in [0.25, 0.3) is 0 Å². The van der Waals surface area contributed by atoms with Crippen LogP contribution in [0.2, 0.25) is 0 Å². The number of H-pyrrole nitrogens is 1. The van der Waals surface area contributed by atoms with Crippen molar-refractivity contribution in [3.8, 4) is 0 Å². The summed E-state index contributed by atoms with van der Waals surface area (Å²) in [5, 5.41) is 7.20. The van der Waals surface area contributed by atoms with E-state index in [9.17, 15) is 4.79 Å². The number of nitrogens with zero attached hydrogens (tertiary/aromatic N) is 4. The fourth-order valence-electron chi connectivity index (χ4n) is 2.88.